The predicted octanol–water partition coefficient (Wildman–Crippen LogP) is 1.78. The van der Waals surface area contributed by atoms with Crippen LogP contribution in [-0.4, -0.2) is 48.8 Å². The summed E-state index contributed by atoms with van der Waals surface area (Å²) in [4.78, 5) is 54.2. The number of nitrogens with one attached hydrogen (secondary N) is 2. The SMILES string of the molecule is Nc1ccc(CCNC2CC(=O)N(c3cccc(N4C(=O)CC(NCCc5ccc(N)cc5)C4=O)c3)C2=O)cc1. The van der Waals surface area contributed by atoms with Crippen molar-refractivity contribution in [2.24, 2.45) is 0 Å². The number of carbonyl (C=O) groups is 4. The third-order valence-electron chi connectivity index (χ3n) is 7.21. The molecule has 10 nitrogen and oxygen atoms in total. The van der Waals surface area contributed by atoms with Gasteiger partial charge in [-0.3, -0.25) is 19.2 Å². The molecule has 2 fully saturated rings. The van der Waals surface area contributed by atoms with Crippen molar-refractivity contribution < 1.29 is 19.2 Å². The summed E-state index contributed by atoms with van der Waals surface area (Å²) in [6.07, 6.45) is 1.43. The second kappa shape index (κ2) is 11.7. The smallest absolute Gasteiger partial charge is 0.251 e. The van der Waals surface area contributed by atoms with Gasteiger partial charge in [-0.05, 0) is 79.5 Å². The van der Waals surface area contributed by atoms with Crippen LogP contribution in [0.4, 0.5) is 22.7 Å². The number of anilines is 4. The quantitative estimate of drug-likeness (QED) is 0.224. The highest BCUT2D eigenvalue weighted by Gasteiger charge is 2.41. The first kappa shape index (κ1) is 27.0. The van der Waals surface area contributed by atoms with Gasteiger partial charge in [-0.15, -0.1) is 0 Å². The van der Waals surface area contributed by atoms with Crippen LogP contribution in [0.3, 0.4) is 0 Å². The maximum Gasteiger partial charge on any atom is 0.251 e. The number of hydrogen-bond acceptors (Lipinski definition) is 8. The lowest BCUT2D eigenvalue weighted by Crippen LogP contribution is -2.40. The number of carbonyl (C=O) groups excluding carboxylic acids is 4. The largest absolute Gasteiger partial charge is 0.399 e. The predicted molar refractivity (Wildman–Crippen MR) is 153 cm³/mol. The van der Waals surface area contributed by atoms with Gasteiger partial charge in [0, 0.05) is 11.4 Å². The van der Waals surface area contributed by atoms with E-state index < -0.39 is 12.1 Å². The van der Waals surface area contributed by atoms with Crippen LogP contribution in [0.1, 0.15) is 24.0 Å². The molecule has 2 saturated heterocycles. The first-order valence-corrected chi connectivity index (χ1v) is 13.3. The Balaban J connectivity index is 1.20. The highest BCUT2D eigenvalue weighted by Crippen LogP contribution is 2.30. The van der Waals surface area contributed by atoms with E-state index in [1.54, 1.807) is 24.3 Å². The second-order valence-electron chi connectivity index (χ2n) is 10.1. The van der Waals surface area contributed by atoms with Gasteiger partial charge in [-0.25, -0.2) is 9.80 Å². The third kappa shape index (κ3) is 5.88. The number of rotatable bonds is 10. The molecule has 0 bridgehead atoms. The van der Waals surface area contributed by atoms with Crippen molar-refractivity contribution in [3.63, 3.8) is 0 Å². The summed E-state index contributed by atoms with van der Waals surface area (Å²) in [6, 6.07) is 20.1. The van der Waals surface area contributed by atoms with E-state index in [9.17, 15) is 19.2 Å². The van der Waals surface area contributed by atoms with E-state index >= 15 is 0 Å². The number of imide groups is 2. The third-order valence-corrected chi connectivity index (χ3v) is 7.21. The minimum atomic E-state index is -0.644. The van der Waals surface area contributed by atoms with Gasteiger partial charge in [0.05, 0.1) is 36.3 Å². The van der Waals surface area contributed by atoms with Gasteiger partial charge >= 0.3 is 0 Å². The summed E-state index contributed by atoms with van der Waals surface area (Å²) < 4.78 is 0. The lowest BCUT2D eigenvalue weighted by atomic mass is 10.1. The maximum atomic E-state index is 13.1. The molecule has 2 atom stereocenters. The van der Waals surface area contributed by atoms with Gasteiger partial charge in [0.2, 0.25) is 11.8 Å². The summed E-state index contributed by atoms with van der Waals surface area (Å²) in [6.45, 7) is 1.04. The van der Waals surface area contributed by atoms with E-state index in [4.69, 9.17) is 11.5 Å². The molecule has 40 heavy (non-hydrogen) atoms. The number of benzene rings is 3. The number of nitrogens with two attached hydrogens (primary N) is 2. The maximum absolute atomic E-state index is 13.1. The number of hydrogen-bond donors (Lipinski definition) is 4. The Morgan fingerprint density at radius 2 is 1.02 bits per heavy atom. The van der Waals surface area contributed by atoms with E-state index in [0.29, 0.717) is 48.7 Å². The minimum Gasteiger partial charge on any atom is -0.399 e. The van der Waals surface area contributed by atoms with Crippen molar-refractivity contribution in [1.29, 1.82) is 0 Å². The van der Waals surface area contributed by atoms with E-state index in [1.807, 2.05) is 48.5 Å². The fourth-order valence-electron chi connectivity index (χ4n) is 5.05. The zero-order chi connectivity index (χ0) is 28.2. The molecule has 0 radical (unpaired) electrons. The molecule has 3 aromatic rings. The first-order valence-electron chi connectivity index (χ1n) is 13.3. The van der Waals surface area contributed by atoms with Gasteiger partial charge in [0.25, 0.3) is 11.8 Å². The highest BCUT2D eigenvalue weighted by molar-refractivity contribution is 6.24. The van der Waals surface area contributed by atoms with E-state index in [1.165, 1.54) is 0 Å². The normalized spacial score (nSPS) is 19.2. The fourth-order valence-corrected chi connectivity index (χ4v) is 5.05. The van der Waals surface area contributed by atoms with Crippen LogP contribution in [-0.2, 0) is 32.0 Å². The van der Waals surface area contributed by atoms with Gasteiger partial charge in [0.1, 0.15) is 0 Å². The molecule has 0 aromatic heterocycles. The Morgan fingerprint density at radius 1 is 0.625 bits per heavy atom. The minimum absolute atomic E-state index is 0.0341. The van der Waals surface area contributed by atoms with Crippen molar-refractivity contribution in [2.75, 3.05) is 34.4 Å². The highest BCUT2D eigenvalue weighted by atomic mass is 16.2. The van der Waals surface area contributed by atoms with Crippen LogP contribution in [0.25, 0.3) is 0 Å². The summed E-state index contributed by atoms with van der Waals surface area (Å²) in [5, 5.41) is 6.34. The molecule has 0 aliphatic carbocycles. The van der Waals surface area contributed by atoms with E-state index in [2.05, 4.69) is 10.6 Å². The van der Waals surface area contributed by atoms with Gasteiger partial charge < -0.3 is 22.1 Å². The zero-order valence-electron chi connectivity index (χ0n) is 22.0. The van der Waals surface area contributed by atoms with Crippen LogP contribution in [0.5, 0.6) is 0 Å². The van der Waals surface area contributed by atoms with Crippen LogP contribution >= 0.6 is 0 Å². The molecule has 6 N–H and O–H groups in total. The molecule has 2 heterocycles. The molecule has 0 spiro atoms. The molecular formula is C30H32N6O4. The fraction of sp³-hybridized carbons (Fsp3) is 0.267. The lowest BCUT2D eigenvalue weighted by molar-refractivity contribution is -0.123. The summed E-state index contributed by atoms with van der Waals surface area (Å²) in [5.41, 5.74) is 15.6. The monoisotopic (exact) mass is 540 g/mol. The van der Waals surface area contributed by atoms with Crippen molar-refractivity contribution in [3.8, 4) is 0 Å². The Kier molecular flexibility index (Phi) is 7.90. The Labute approximate surface area is 232 Å². The summed E-state index contributed by atoms with van der Waals surface area (Å²) in [5.74, 6) is -1.40. The van der Waals surface area contributed by atoms with Crippen LogP contribution in [0.2, 0.25) is 0 Å². The molecular weight excluding hydrogens is 508 g/mol. The first-order chi connectivity index (χ1) is 19.3. The van der Waals surface area contributed by atoms with Gasteiger partial charge in [-0.1, -0.05) is 30.3 Å². The van der Waals surface area contributed by atoms with Crippen molar-refractivity contribution in [2.45, 2.75) is 37.8 Å². The second-order valence-corrected chi connectivity index (χ2v) is 10.1. The Hall–Kier alpha value is -4.54. The van der Waals surface area contributed by atoms with E-state index in [0.717, 1.165) is 20.9 Å². The topological polar surface area (TPSA) is 151 Å². The zero-order valence-corrected chi connectivity index (χ0v) is 22.0. The van der Waals surface area contributed by atoms with Crippen LogP contribution < -0.4 is 31.9 Å². The average molecular weight is 541 g/mol. The number of nitrogens with zero attached hydrogens (tertiary/aromatic N) is 2. The molecule has 4 amide bonds. The lowest BCUT2D eigenvalue weighted by Gasteiger charge is -2.20. The van der Waals surface area contributed by atoms with Gasteiger partial charge in [-0.2, -0.15) is 0 Å². The van der Waals surface area contributed by atoms with Crippen LogP contribution in [0.15, 0.2) is 72.8 Å². The van der Waals surface area contributed by atoms with E-state index in [-0.39, 0.29) is 36.5 Å². The van der Waals surface area contributed by atoms with Crippen molar-refractivity contribution in [3.05, 3.63) is 83.9 Å². The summed E-state index contributed by atoms with van der Waals surface area (Å²) >= 11 is 0. The Bertz CT molecular complexity index is 1320. The molecule has 3 aromatic carbocycles. The van der Waals surface area contributed by atoms with Crippen molar-refractivity contribution in [1.82, 2.24) is 10.6 Å². The molecule has 5 rings (SSSR count). The molecule has 10 heteroatoms. The molecule has 2 aliphatic heterocycles. The number of nitrogen functional groups attached to an aromatic ring is 2. The summed E-state index contributed by atoms with van der Waals surface area (Å²) in [7, 11) is 0. The van der Waals surface area contributed by atoms with Crippen molar-refractivity contribution >= 4 is 46.4 Å². The molecule has 2 aliphatic rings. The molecule has 2 unspecified atom stereocenters. The standard InChI is InChI=1S/C30H32N6O4/c31-21-8-4-19(5-9-21)12-14-33-25-17-27(37)35(29(25)39)23-2-1-3-24(16-23)36-28(38)18-26(30(36)40)34-15-13-20-6-10-22(32)11-7-20/h1-11,16,25-26,33-34H,12-15,17-18,31-32H2. The average Bonchev–Trinajstić information content (AvgIpc) is 3.39. The molecule has 206 valence electrons. The molecule has 0 saturated carbocycles. The number of amides is 4. The van der Waals surface area contributed by atoms with Crippen LogP contribution in [0, 0.1) is 0 Å². The van der Waals surface area contributed by atoms with Gasteiger partial charge in [0.15, 0.2) is 0 Å². The Morgan fingerprint density at radius 3 is 1.43 bits per heavy atom.